The van der Waals surface area contributed by atoms with E-state index >= 15 is 0 Å². The van der Waals surface area contributed by atoms with Crippen LogP contribution < -0.4 is 4.74 Å². The van der Waals surface area contributed by atoms with E-state index in [1.54, 1.807) is 23.5 Å². The molecular formula is C27H27FN2O3S. The highest BCUT2D eigenvalue weighted by atomic mass is 32.1. The molecule has 2 aliphatic rings. The van der Waals surface area contributed by atoms with Gasteiger partial charge in [-0.2, -0.15) is 0 Å². The first kappa shape index (κ1) is 22.6. The Kier molecular flexibility index (Phi) is 6.63. The van der Waals surface area contributed by atoms with E-state index in [-0.39, 0.29) is 24.1 Å². The van der Waals surface area contributed by atoms with Crippen LogP contribution in [0.15, 0.2) is 66.0 Å². The number of benzene rings is 2. The largest absolute Gasteiger partial charge is 0.491 e. The van der Waals surface area contributed by atoms with Crippen LogP contribution in [0, 0.1) is 11.7 Å². The van der Waals surface area contributed by atoms with E-state index in [9.17, 15) is 14.0 Å². The highest BCUT2D eigenvalue weighted by Crippen LogP contribution is 2.35. The maximum atomic E-state index is 14.3. The van der Waals surface area contributed by atoms with Crippen molar-refractivity contribution in [1.82, 2.24) is 9.80 Å². The number of ether oxygens (including phenoxy) is 1. The Bertz CT molecular complexity index is 1160. The Labute approximate surface area is 202 Å². The Balaban J connectivity index is 1.35. The highest BCUT2D eigenvalue weighted by Gasteiger charge is 2.35. The number of nitrogens with zero attached hydrogens (tertiary/aromatic N) is 2. The average Bonchev–Trinajstić information content (AvgIpc) is 3.54. The van der Waals surface area contributed by atoms with Crippen LogP contribution in [0.5, 0.6) is 5.75 Å². The summed E-state index contributed by atoms with van der Waals surface area (Å²) >= 11 is 1.70. The lowest BCUT2D eigenvalue weighted by molar-refractivity contribution is -0.135. The van der Waals surface area contributed by atoms with Crippen LogP contribution >= 0.6 is 11.3 Å². The van der Waals surface area contributed by atoms with Crippen molar-refractivity contribution in [3.8, 4) is 5.75 Å². The Morgan fingerprint density at radius 3 is 2.59 bits per heavy atom. The van der Waals surface area contributed by atoms with Crippen molar-refractivity contribution in [3.63, 3.8) is 0 Å². The molecule has 5 rings (SSSR count). The number of carbonyl (C=O) groups is 2. The summed E-state index contributed by atoms with van der Waals surface area (Å²) in [6.07, 6.45) is 2.85. The van der Waals surface area contributed by atoms with Gasteiger partial charge in [-0.15, -0.1) is 11.3 Å². The zero-order chi connectivity index (χ0) is 23.5. The summed E-state index contributed by atoms with van der Waals surface area (Å²) in [5, 5.41) is 2.05. The van der Waals surface area contributed by atoms with Gasteiger partial charge >= 0.3 is 0 Å². The van der Waals surface area contributed by atoms with E-state index in [0.29, 0.717) is 25.6 Å². The number of carbonyl (C=O) groups excluding carboxylic acids is 2. The molecule has 0 bridgehead atoms. The molecule has 2 amide bonds. The number of rotatable bonds is 8. The smallest absolute Gasteiger partial charge is 0.257 e. The molecule has 0 saturated heterocycles. The van der Waals surface area contributed by atoms with Crippen LogP contribution in [0.25, 0.3) is 0 Å². The van der Waals surface area contributed by atoms with Gasteiger partial charge in [-0.1, -0.05) is 30.3 Å². The second kappa shape index (κ2) is 9.97. The lowest BCUT2D eigenvalue weighted by atomic mass is 10.0. The standard InChI is InChI=1S/C27H27FN2O3S/c28-23-9-5-4-8-21(23)27(32)29(16-19-10-11-19)17-26(31)30-14-12-25-22(13-15-34-25)24(30)18-33-20-6-2-1-3-7-20/h1-9,13,15,19,24H,10-12,14,16-18H2/t24-/m0/s1. The summed E-state index contributed by atoms with van der Waals surface area (Å²) in [7, 11) is 0. The Morgan fingerprint density at radius 2 is 1.82 bits per heavy atom. The molecule has 1 aliphatic carbocycles. The molecule has 2 aromatic carbocycles. The van der Waals surface area contributed by atoms with Gasteiger partial charge in [0.1, 0.15) is 24.7 Å². The monoisotopic (exact) mass is 478 g/mol. The third-order valence-electron chi connectivity index (χ3n) is 6.46. The lowest BCUT2D eigenvalue weighted by Gasteiger charge is -2.37. The van der Waals surface area contributed by atoms with Crippen LogP contribution in [-0.4, -0.2) is 47.9 Å². The summed E-state index contributed by atoms with van der Waals surface area (Å²) in [5.41, 5.74) is 1.12. The number of thiophene rings is 1. The first-order chi connectivity index (χ1) is 16.6. The highest BCUT2D eigenvalue weighted by molar-refractivity contribution is 7.10. The van der Waals surface area contributed by atoms with Crippen molar-refractivity contribution in [1.29, 1.82) is 0 Å². The molecule has 34 heavy (non-hydrogen) atoms. The minimum absolute atomic E-state index is 0.0127. The number of halogens is 1. The van der Waals surface area contributed by atoms with Gasteiger partial charge in [0.25, 0.3) is 5.91 Å². The zero-order valence-electron chi connectivity index (χ0n) is 18.9. The first-order valence-corrected chi connectivity index (χ1v) is 12.6. The zero-order valence-corrected chi connectivity index (χ0v) is 19.7. The molecule has 3 aromatic rings. The average molecular weight is 479 g/mol. The fourth-order valence-corrected chi connectivity index (χ4v) is 5.39. The van der Waals surface area contributed by atoms with Crippen LogP contribution in [0.1, 0.15) is 39.7 Å². The van der Waals surface area contributed by atoms with E-state index in [4.69, 9.17) is 4.74 Å². The molecule has 1 atom stereocenters. The van der Waals surface area contributed by atoms with Crippen LogP contribution in [0.3, 0.4) is 0 Å². The third kappa shape index (κ3) is 4.99. The number of fused-ring (bicyclic) bond motifs is 1. The third-order valence-corrected chi connectivity index (χ3v) is 7.46. The minimum Gasteiger partial charge on any atom is -0.491 e. The fraction of sp³-hybridized carbons (Fsp3) is 0.333. The van der Waals surface area contributed by atoms with Crippen LogP contribution in [0.4, 0.5) is 4.39 Å². The number of hydrogen-bond acceptors (Lipinski definition) is 4. The van der Waals surface area contributed by atoms with E-state index < -0.39 is 11.7 Å². The number of amides is 2. The molecule has 2 heterocycles. The maximum Gasteiger partial charge on any atom is 0.257 e. The first-order valence-electron chi connectivity index (χ1n) is 11.7. The van der Waals surface area contributed by atoms with Crippen LogP contribution in [-0.2, 0) is 11.2 Å². The van der Waals surface area contributed by atoms with Crippen molar-refractivity contribution >= 4 is 23.2 Å². The molecule has 1 aromatic heterocycles. The van der Waals surface area contributed by atoms with Crippen molar-refractivity contribution in [2.24, 2.45) is 5.92 Å². The van der Waals surface area contributed by atoms with E-state index in [2.05, 4.69) is 11.4 Å². The molecule has 1 fully saturated rings. The van der Waals surface area contributed by atoms with E-state index in [1.165, 1.54) is 21.9 Å². The summed E-state index contributed by atoms with van der Waals surface area (Å²) in [5.74, 6) is 0.0104. The fourth-order valence-electron chi connectivity index (χ4n) is 4.46. The van der Waals surface area contributed by atoms with E-state index in [1.807, 2.05) is 35.2 Å². The Hall–Kier alpha value is -3.19. The second-order valence-corrected chi connectivity index (χ2v) is 9.89. The molecule has 176 valence electrons. The molecular weight excluding hydrogens is 451 g/mol. The minimum atomic E-state index is -0.559. The van der Waals surface area contributed by atoms with Crippen molar-refractivity contribution in [2.45, 2.75) is 25.3 Å². The van der Waals surface area contributed by atoms with Gasteiger partial charge < -0.3 is 14.5 Å². The molecule has 1 saturated carbocycles. The van der Waals surface area contributed by atoms with Gasteiger partial charge in [-0.05, 0) is 66.5 Å². The molecule has 0 radical (unpaired) electrons. The number of para-hydroxylation sites is 1. The van der Waals surface area contributed by atoms with E-state index in [0.717, 1.165) is 30.6 Å². The normalized spacial score (nSPS) is 17.2. The molecule has 1 aliphatic heterocycles. The van der Waals surface area contributed by atoms with Gasteiger partial charge in [-0.25, -0.2) is 4.39 Å². The topological polar surface area (TPSA) is 49.9 Å². The maximum absolute atomic E-state index is 14.3. The second-order valence-electron chi connectivity index (χ2n) is 8.89. The molecule has 7 heteroatoms. The van der Waals surface area contributed by atoms with Gasteiger partial charge in [0.15, 0.2) is 0 Å². The summed E-state index contributed by atoms with van der Waals surface area (Å²) in [4.78, 5) is 31.4. The molecule has 5 nitrogen and oxygen atoms in total. The van der Waals surface area contributed by atoms with Gasteiger partial charge in [-0.3, -0.25) is 9.59 Å². The van der Waals surface area contributed by atoms with Gasteiger partial charge in [0, 0.05) is 18.0 Å². The van der Waals surface area contributed by atoms with Crippen molar-refractivity contribution in [2.75, 3.05) is 26.2 Å². The van der Waals surface area contributed by atoms with Crippen LogP contribution in [0.2, 0.25) is 0 Å². The SMILES string of the molecule is O=C(c1ccccc1F)N(CC(=O)N1CCc2sccc2[C@@H]1COc1ccccc1)CC1CC1. The summed E-state index contributed by atoms with van der Waals surface area (Å²) < 4.78 is 20.4. The predicted octanol–water partition coefficient (Wildman–Crippen LogP) is 4.94. The summed E-state index contributed by atoms with van der Waals surface area (Å²) in [6.45, 7) is 1.32. The van der Waals surface area contributed by atoms with Gasteiger partial charge in [0.2, 0.25) is 5.91 Å². The van der Waals surface area contributed by atoms with Crippen molar-refractivity contribution < 1.29 is 18.7 Å². The molecule has 0 N–H and O–H groups in total. The van der Waals surface area contributed by atoms with Crippen molar-refractivity contribution in [3.05, 3.63) is 87.9 Å². The quantitative estimate of drug-likeness (QED) is 0.461. The summed E-state index contributed by atoms with van der Waals surface area (Å²) in [6, 6.07) is 17.4. The lowest BCUT2D eigenvalue weighted by Crippen LogP contribution is -2.48. The Morgan fingerprint density at radius 1 is 1.06 bits per heavy atom. The molecule has 0 unspecified atom stereocenters. The van der Waals surface area contributed by atoms with Gasteiger partial charge in [0.05, 0.1) is 11.6 Å². The predicted molar refractivity (Wildman–Crippen MR) is 129 cm³/mol. The number of hydrogen-bond donors (Lipinski definition) is 0. The molecule has 0 spiro atoms.